The molecule has 18 heteroatoms. The van der Waals surface area contributed by atoms with Crippen LogP contribution in [0, 0.1) is 17.5 Å². The van der Waals surface area contributed by atoms with Crippen LogP contribution in [0.25, 0.3) is 5.69 Å². The SMILES string of the molecule is COc1cc(-n2c(C(C)(C)c3ccc(S(N)(=O)=O)c(Cl)c3)cnc2SCc2c(F)cc(S(=O)(=O)NCCC[N+](C)(C)C)cc2F)ccc1F.[Cl-]. The first-order valence-corrected chi connectivity index (χ1v) is 19.2. The molecule has 0 spiro atoms. The smallest absolute Gasteiger partial charge is 0.240 e. The van der Waals surface area contributed by atoms with Gasteiger partial charge in [0.15, 0.2) is 16.7 Å². The quantitative estimate of drug-likeness (QED) is 0.114. The van der Waals surface area contributed by atoms with Gasteiger partial charge in [-0.2, -0.15) is 0 Å². The molecule has 0 bridgehead atoms. The first kappa shape index (κ1) is 41.6. The molecule has 1 aromatic heterocycles. The highest BCUT2D eigenvalue weighted by molar-refractivity contribution is 7.98. The van der Waals surface area contributed by atoms with E-state index < -0.39 is 47.8 Å². The van der Waals surface area contributed by atoms with Gasteiger partial charge in [0, 0.05) is 35.8 Å². The molecule has 10 nitrogen and oxygen atoms in total. The molecular formula is C32H38Cl2F3N5O5S3. The van der Waals surface area contributed by atoms with Crippen molar-refractivity contribution in [2.45, 2.75) is 46.4 Å². The van der Waals surface area contributed by atoms with Crippen molar-refractivity contribution in [2.24, 2.45) is 5.14 Å². The van der Waals surface area contributed by atoms with Crippen LogP contribution < -0.4 is 27.0 Å². The van der Waals surface area contributed by atoms with E-state index in [-0.39, 0.29) is 51.1 Å². The fraction of sp³-hybridized carbons (Fsp3) is 0.344. The molecule has 4 aromatic rings. The van der Waals surface area contributed by atoms with Crippen molar-refractivity contribution >= 4 is 43.4 Å². The van der Waals surface area contributed by atoms with Crippen molar-refractivity contribution < 1.29 is 51.6 Å². The van der Waals surface area contributed by atoms with E-state index in [1.54, 1.807) is 10.6 Å². The Kier molecular flexibility index (Phi) is 13.2. The molecule has 0 atom stereocenters. The van der Waals surface area contributed by atoms with Crippen molar-refractivity contribution in [2.75, 3.05) is 41.3 Å². The topological polar surface area (TPSA) is 133 Å². The van der Waals surface area contributed by atoms with Crippen LogP contribution in [0.5, 0.6) is 5.75 Å². The standard InChI is InChI=1S/C32H38ClF3N5O5S3.ClH/c1-32(2,20-8-11-29(24(33)14-20)48(37,42)43)30-18-38-31(40(30)21-9-10-25(34)28(15-21)46-6)47-19-23-26(35)16-22(17-27(23)36)49(44,45)39-12-7-13-41(3,4)5;/h8-11,14-18,39H,7,12-13,19H2,1-6H3,(H2,37,42,43);1H/q+1;/p-1. The number of sulfonamides is 2. The zero-order valence-corrected chi connectivity index (χ0v) is 32.1. The number of methoxy groups -OCH3 is 1. The van der Waals surface area contributed by atoms with Crippen molar-refractivity contribution in [3.63, 3.8) is 0 Å². The van der Waals surface area contributed by atoms with Gasteiger partial charge in [-0.25, -0.2) is 44.9 Å². The molecule has 0 saturated carbocycles. The van der Waals surface area contributed by atoms with E-state index in [9.17, 15) is 21.2 Å². The second-order valence-corrected chi connectivity index (χ2v) is 17.5. The number of aromatic nitrogens is 2. The Morgan fingerprint density at radius 2 is 1.64 bits per heavy atom. The third-order valence-corrected chi connectivity index (χ3v) is 11.6. The first-order chi connectivity index (χ1) is 22.7. The van der Waals surface area contributed by atoms with E-state index in [4.69, 9.17) is 21.5 Å². The van der Waals surface area contributed by atoms with Gasteiger partial charge in [0.25, 0.3) is 0 Å². The molecule has 50 heavy (non-hydrogen) atoms. The van der Waals surface area contributed by atoms with Crippen LogP contribution in [-0.4, -0.2) is 72.2 Å². The fourth-order valence-corrected chi connectivity index (χ4v) is 8.23. The van der Waals surface area contributed by atoms with Crippen LogP contribution in [0.4, 0.5) is 13.2 Å². The first-order valence-electron chi connectivity index (χ1n) is 14.8. The molecule has 0 fully saturated rings. The number of quaternary nitrogens is 1. The van der Waals surface area contributed by atoms with Crippen LogP contribution in [0.15, 0.2) is 69.7 Å². The molecule has 1 heterocycles. The third kappa shape index (κ3) is 9.53. The summed E-state index contributed by atoms with van der Waals surface area (Å²) in [6.07, 6.45) is 2.06. The Balaban J connectivity index is 0.00000676. The van der Waals surface area contributed by atoms with Crippen LogP contribution in [0.2, 0.25) is 5.02 Å². The summed E-state index contributed by atoms with van der Waals surface area (Å²) in [5.41, 5.74) is 0.233. The summed E-state index contributed by atoms with van der Waals surface area (Å²) in [5, 5.41) is 5.45. The van der Waals surface area contributed by atoms with Crippen LogP contribution in [0.1, 0.15) is 37.1 Å². The fourth-order valence-electron chi connectivity index (χ4n) is 5.04. The Labute approximate surface area is 306 Å². The predicted molar refractivity (Wildman–Crippen MR) is 184 cm³/mol. The molecule has 0 aliphatic carbocycles. The van der Waals surface area contributed by atoms with E-state index in [1.165, 1.54) is 43.6 Å². The van der Waals surface area contributed by atoms with Gasteiger partial charge in [-0.3, -0.25) is 4.57 Å². The van der Waals surface area contributed by atoms with Crippen LogP contribution in [-0.2, 0) is 31.2 Å². The molecule has 0 unspecified atom stereocenters. The maximum absolute atomic E-state index is 15.3. The van der Waals surface area contributed by atoms with E-state index in [2.05, 4.69) is 9.71 Å². The Morgan fingerprint density at radius 1 is 1.00 bits per heavy atom. The zero-order chi connectivity index (χ0) is 36.5. The lowest BCUT2D eigenvalue weighted by Gasteiger charge is -2.28. The summed E-state index contributed by atoms with van der Waals surface area (Å²) in [7, 11) is -1.04. The number of ether oxygens (including phenoxy) is 1. The summed E-state index contributed by atoms with van der Waals surface area (Å²) >= 11 is 7.27. The van der Waals surface area contributed by atoms with E-state index in [0.29, 0.717) is 34.4 Å². The summed E-state index contributed by atoms with van der Waals surface area (Å²) in [4.78, 5) is 3.74. The number of nitrogens with two attached hydrogens (primary N) is 1. The van der Waals surface area contributed by atoms with Gasteiger partial charge in [0.1, 0.15) is 16.5 Å². The largest absolute Gasteiger partial charge is 1.00 e. The van der Waals surface area contributed by atoms with Crippen molar-refractivity contribution in [3.8, 4) is 11.4 Å². The highest BCUT2D eigenvalue weighted by Gasteiger charge is 2.31. The molecule has 4 rings (SSSR count). The monoisotopic (exact) mass is 795 g/mol. The van der Waals surface area contributed by atoms with Crippen LogP contribution >= 0.6 is 23.4 Å². The summed E-state index contributed by atoms with van der Waals surface area (Å²) in [5.74, 6) is -3.06. The molecule has 0 aliphatic heterocycles. The lowest BCUT2D eigenvalue weighted by molar-refractivity contribution is -0.870. The second kappa shape index (κ2) is 15.8. The molecule has 0 amide bonds. The van der Waals surface area contributed by atoms with Gasteiger partial charge < -0.3 is 21.6 Å². The maximum Gasteiger partial charge on any atom is 0.240 e. The number of nitrogens with one attached hydrogen (secondary N) is 1. The van der Waals surface area contributed by atoms with E-state index in [1.807, 2.05) is 35.0 Å². The molecule has 0 saturated heterocycles. The third-order valence-electron chi connectivity index (χ3n) is 7.79. The van der Waals surface area contributed by atoms with Crippen LogP contribution in [0.3, 0.4) is 0 Å². The normalized spacial score (nSPS) is 12.5. The lowest BCUT2D eigenvalue weighted by Crippen LogP contribution is -3.00. The highest BCUT2D eigenvalue weighted by atomic mass is 35.5. The number of rotatable bonds is 14. The van der Waals surface area contributed by atoms with Crippen molar-refractivity contribution in [1.82, 2.24) is 14.3 Å². The summed E-state index contributed by atoms with van der Waals surface area (Å²) in [6.45, 7) is 4.45. The minimum atomic E-state index is -4.17. The summed E-state index contributed by atoms with van der Waals surface area (Å²) < 4.78 is 104. The number of thioether (sulfide) groups is 1. The minimum absolute atomic E-state index is 0. The molecule has 0 radical (unpaired) electrons. The number of hydrogen-bond acceptors (Lipinski definition) is 7. The van der Waals surface area contributed by atoms with Gasteiger partial charge in [-0.15, -0.1) is 0 Å². The molecule has 274 valence electrons. The average molecular weight is 797 g/mol. The molecule has 3 N–H and O–H groups in total. The maximum atomic E-state index is 15.3. The molecule has 3 aromatic carbocycles. The van der Waals surface area contributed by atoms with Crippen molar-refractivity contribution in [1.29, 1.82) is 0 Å². The van der Waals surface area contributed by atoms with Gasteiger partial charge >= 0.3 is 0 Å². The Bertz CT molecular complexity index is 2070. The predicted octanol–water partition coefficient (Wildman–Crippen LogP) is 2.60. The number of halogens is 5. The molecular weight excluding hydrogens is 758 g/mol. The van der Waals surface area contributed by atoms with Gasteiger partial charge in [-0.1, -0.05) is 43.3 Å². The number of hydrogen-bond donors (Lipinski definition) is 2. The van der Waals surface area contributed by atoms with E-state index >= 15 is 8.78 Å². The number of primary sulfonamides is 1. The molecule has 0 aliphatic rings. The van der Waals surface area contributed by atoms with Crippen molar-refractivity contribution in [3.05, 3.63) is 94.0 Å². The second-order valence-electron chi connectivity index (χ2n) is 12.8. The Hall–Kier alpha value is -2.83. The van der Waals surface area contributed by atoms with E-state index in [0.717, 1.165) is 23.9 Å². The zero-order valence-electron chi connectivity index (χ0n) is 28.1. The lowest BCUT2D eigenvalue weighted by atomic mass is 9.81. The number of benzene rings is 3. The summed E-state index contributed by atoms with van der Waals surface area (Å²) in [6, 6.07) is 9.99. The minimum Gasteiger partial charge on any atom is -1.00 e. The van der Waals surface area contributed by atoms with Gasteiger partial charge in [0.05, 0.1) is 62.3 Å². The van der Waals surface area contributed by atoms with Gasteiger partial charge in [-0.05, 0) is 42.0 Å². The number of imidazole rings is 1. The Morgan fingerprint density at radius 3 is 2.20 bits per heavy atom. The highest BCUT2D eigenvalue weighted by Crippen LogP contribution is 2.39. The average Bonchev–Trinajstić information content (AvgIpc) is 3.43. The number of nitrogens with zero attached hydrogens (tertiary/aromatic N) is 3. The van der Waals surface area contributed by atoms with Gasteiger partial charge in [0.2, 0.25) is 20.0 Å².